The predicted octanol–water partition coefficient (Wildman–Crippen LogP) is 3.14. The number of nitrogens with zero attached hydrogens (tertiary/aromatic N) is 3. The number of amides is 1. The molecule has 5 heteroatoms. The Morgan fingerprint density at radius 3 is 2.55 bits per heavy atom. The molecule has 0 aromatic carbocycles. The van der Waals surface area contributed by atoms with Crippen molar-refractivity contribution in [3.63, 3.8) is 0 Å². The van der Waals surface area contributed by atoms with Gasteiger partial charge in [0.15, 0.2) is 0 Å². The standard InChI is InChI=1S/C15H23N3O2/c1-12(18(5)14(19)20-15(2,3)4)7-6-8-13-9-16-11-17-10-13/h6,8-12H,7H2,1-5H3/b8-6+/t12-/m0/s1. The molecule has 1 amide bonds. The van der Waals surface area contributed by atoms with Crippen LogP contribution >= 0.6 is 0 Å². The highest BCUT2D eigenvalue weighted by atomic mass is 16.6. The topological polar surface area (TPSA) is 55.3 Å². The molecule has 0 N–H and O–H groups in total. The first-order chi connectivity index (χ1) is 9.29. The zero-order valence-corrected chi connectivity index (χ0v) is 12.8. The minimum absolute atomic E-state index is 0.0609. The highest BCUT2D eigenvalue weighted by Crippen LogP contribution is 2.12. The molecule has 1 heterocycles. The van der Waals surface area contributed by atoms with Crippen LogP contribution < -0.4 is 0 Å². The largest absolute Gasteiger partial charge is 0.444 e. The van der Waals surface area contributed by atoms with Crippen molar-refractivity contribution < 1.29 is 9.53 Å². The fourth-order valence-electron chi connectivity index (χ4n) is 1.47. The lowest BCUT2D eigenvalue weighted by Crippen LogP contribution is -2.39. The number of carbonyl (C=O) groups is 1. The van der Waals surface area contributed by atoms with E-state index in [2.05, 4.69) is 9.97 Å². The Balaban J connectivity index is 2.48. The van der Waals surface area contributed by atoms with Gasteiger partial charge in [0.1, 0.15) is 11.9 Å². The SMILES string of the molecule is C[C@@H](C/C=C/c1cncnc1)N(C)C(=O)OC(C)(C)C. The summed E-state index contributed by atoms with van der Waals surface area (Å²) in [7, 11) is 1.75. The molecule has 0 aliphatic rings. The van der Waals surface area contributed by atoms with Gasteiger partial charge in [-0.05, 0) is 34.1 Å². The van der Waals surface area contributed by atoms with Gasteiger partial charge in [-0.25, -0.2) is 14.8 Å². The summed E-state index contributed by atoms with van der Waals surface area (Å²) in [5.74, 6) is 0. The average Bonchev–Trinajstić information content (AvgIpc) is 2.37. The van der Waals surface area contributed by atoms with Gasteiger partial charge in [-0.1, -0.05) is 12.2 Å². The molecular weight excluding hydrogens is 254 g/mol. The summed E-state index contributed by atoms with van der Waals surface area (Å²) < 4.78 is 5.33. The summed E-state index contributed by atoms with van der Waals surface area (Å²) >= 11 is 0. The van der Waals surface area contributed by atoms with Gasteiger partial charge in [0.05, 0.1) is 0 Å². The van der Waals surface area contributed by atoms with Crippen molar-refractivity contribution in [2.45, 2.75) is 45.8 Å². The van der Waals surface area contributed by atoms with E-state index in [0.29, 0.717) is 0 Å². The molecule has 5 nitrogen and oxygen atoms in total. The molecule has 1 atom stereocenters. The van der Waals surface area contributed by atoms with Crippen LogP contribution in [0.5, 0.6) is 0 Å². The van der Waals surface area contributed by atoms with Crippen LogP contribution in [0.3, 0.4) is 0 Å². The Bertz CT molecular complexity index is 452. The minimum atomic E-state index is -0.470. The molecule has 0 spiro atoms. The molecule has 0 bridgehead atoms. The van der Waals surface area contributed by atoms with E-state index in [-0.39, 0.29) is 12.1 Å². The number of carbonyl (C=O) groups excluding carboxylic acids is 1. The normalized spacial score (nSPS) is 13.2. The molecule has 0 aliphatic heterocycles. The smallest absolute Gasteiger partial charge is 0.410 e. The summed E-state index contributed by atoms with van der Waals surface area (Å²) in [4.78, 5) is 21.4. The summed E-state index contributed by atoms with van der Waals surface area (Å²) in [5, 5.41) is 0. The summed E-state index contributed by atoms with van der Waals surface area (Å²) in [6.45, 7) is 7.56. The van der Waals surface area contributed by atoms with Crippen molar-refractivity contribution >= 4 is 12.2 Å². The van der Waals surface area contributed by atoms with Crippen LogP contribution in [-0.2, 0) is 4.74 Å². The number of ether oxygens (including phenoxy) is 1. The molecule has 0 radical (unpaired) electrons. The van der Waals surface area contributed by atoms with E-state index in [0.717, 1.165) is 12.0 Å². The van der Waals surface area contributed by atoms with E-state index in [9.17, 15) is 4.79 Å². The molecule has 0 fully saturated rings. The minimum Gasteiger partial charge on any atom is -0.444 e. The second kappa shape index (κ2) is 7.03. The molecule has 20 heavy (non-hydrogen) atoms. The van der Waals surface area contributed by atoms with Gasteiger partial charge in [0, 0.05) is 31.0 Å². The maximum Gasteiger partial charge on any atom is 0.410 e. The highest BCUT2D eigenvalue weighted by molar-refractivity contribution is 5.68. The second-order valence-corrected chi connectivity index (χ2v) is 5.75. The first-order valence-electron chi connectivity index (χ1n) is 6.67. The lowest BCUT2D eigenvalue weighted by Gasteiger charge is -2.28. The van der Waals surface area contributed by atoms with E-state index < -0.39 is 5.60 Å². The van der Waals surface area contributed by atoms with Crippen LogP contribution in [0.25, 0.3) is 6.08 Å². The van der Waals surface area contributed by atoms with E-state index >= 15 is 0 Å². The van der Waals surface area contributed by atoms with Crippen molar-refractivity contribution in [1.29, 1.82) is 0 Å². The fourth-order valence-corrected chi connectivity index (χ4v) is 1.47. The van der Waals surface area contributed by atoms with Crippen molar-refractivity contribution in [2.24, 2.45) is 0 Å². The van der Waals surface area contributed by atoms with Crippen LogP contribution in [0, 0.1) is 0 Å². The van der Waals surface area contributed by atoms with Crippen molar-refractivity contribution in [2.75, 3.05) is 7.05 Å². The van der Waals surface area contributed by atoms with Crippen LogP contribution in [0.4, 0.5) is 4.79 Å². The van der Waals surface area contributed by atoms with E-state index in [1.54, 1.807) is 24.3 Å². The third kappa shape index (κ3) is 5.82. The van der Waals surface area contributed by atoms with E-state index in [1.807, 2.05) is 39.8 Å². The predicted molar refractivity (Wildman–Crippen MR) is 79.1 cm³/mol. The Hall–Kier alpha value is -1.91. The third-order valence-electron chi connectivity index (χ3n) is 2.71. The van der Waals surface area contributed by atoms with Crippen molar-refractivity contribution in [3.05, 3.63) is 30.4 Å². The lowest BCUT2D eigenvalue weighted by atomic mass is 10.2. The van der Waals surface area contributed by atoms with Crippen LogP contribution in [0.2, 0.25) is 0 Å². The molecule has 0 saturated carbocycles. The first-order valence-corrected chi connectivity index (χ1v) is 6.67. The summed E-state index contributed by atoms with van der Waals surface area (Å²) in [5.41, 5.74) is 0.474. The average molecular weight is 277 g/mol. The van der Waals surface area contributed by atoms with Gasteiger partial charge in [-0.2, -0.15) is 0 Å². The Labute approximate surface area is 120 Å². The summed E-state index contributed by atoms with van der Waals surface area (Å²) in [6.07, 6.45) is 9.36. The molecule has 110 valence electrons. The number of rotatable bonds is 4. The molecule has 1 rings (SSSR count). The molecular formula is C15H23N3O2. The molecule has 0 unspecified atom stereocenters. The van der Waals surface area contributed by atoms with Crippen molar-refractivity contribution in [3.8, 4) is 0 Å². The zero-order chi connectivity index (χ0) is 15.2. The van der Waals surface area contributed by atoms with E-state index in [1.165, 1.54) is 6.33 Å². The Morgan fingerprint density at radius 1 is 1.40 bits per heavy atom. The number of hydrogen-bond acceptors (Lipinski definition) is 4. The van der Waals surface area contributed by atoms with Crippen LogP contribution in [0.15, 0.2) is 24.8 Å². The lowest BCUT2D eigenvalue weighted by molar-refractivity contribution is 0.0238. The molecule has 1 aromatic rings. The third-order valence-corrected chi connectivity index (χ3v) is 2.71. The Kier molecular flexibility index (Phi) is 5.67. The van der Waals surface area contributed by atoms with Gasteiger partial charge in [0.2, 0.25) is 0 Å². The first kappa shape index (κ1) is 16.1. The number of hydrogen-bond donors (Lipinski definition) is 0. The highest BCUT2D eigenvalue weighted by Gasteiger charge is 2.22. The molecule has 1 aromatic heterocycles. The van der Waals surface area contributed by atoms with Crippen molar-refractivity contribution in [1.82, 2.24) is 14.9 Å². The van der Waals surface area contributed by atoms with Gasteiger partial charge in [-0.15, -0.1) is 0 Å². The quantitative estimate of drug-likeness (QED) is 0.848. The Morgan fingerprint density at radius 2 is 2.00 bits per heavy atom. The number of aromatic nitrogens is 2. The maximum absolute atomic E-state index is 11.9. The zero-order valence-electron chi connectivity index (χ0n) is 12.8. The molecule has 0 aliphatic carbocycles. The monoisotopic (exact) mass is 277 g/mol. The van der Waals surface area contributed by atoms with Gasteiger partial charge >= 0.3 is 6.09 Å². The summed E-state index contributed by atoms with van der Waals surface area (Å²) in [6, 6.07) is 0.0609. The van der Waals surface area contributed by atoms with Gasteiger partial charge in [-0.3, -0.25) is 0 Å². The van der Waals surface area contributed by atoms with E-state index in [4.69, 9.17) is 4.74 Å². The van der Waals surface area contributed by atoms with Gasteiger partial charge < -0.3 is 9.64 Å². The maximum atomic E-state index is 11.9. The second-order valence-electron chi connectivity index (χ2n) is 5.75. The van der Waals surface area contributed by atoms with Crippen LogP contribution in [-0.4, -0.2) is 39.7 Å². The molecule has 0 saturated heterocycles. The van der Waals surface area contributed by atoms with Gasteiger partial charge in [0.25, 0.3) is 0 Å². The fraction of sp³-hybridized carbons (Fsp3) is 0.533. The van der Waals surface area contributed by atoms with Crippen LogP contribution in [0.1, 0.15) is 39.7 Å².